The molecule has 2 rings (SSSR count). The highest BCUT2D eigenvalue weighted by molar-refractivity contribution is 5.79. The third-order valence-electron chi connectivity index (χ3n) is 5.09. The van der Waals surface area contributed by atoms with Gasteiger partial charge in [-0.2, -0.15) is 0 Å². The van der Waals surface area contributed by atoms with Crippen molar-refractivity contribution in [3.8, 4) is 0 Å². The molecule has 4 heteroatoms. The lowest BCUT2D eigenvalue weighted by molar-refractivity contribution is 0.183. The summed E-state index contributed by atoms with van der Waals surface area (Å²) >= 11 is 0. The number of rotatable bonds is 6. The van der Waals surface area contributed by atoms with Gasteiger partial charge in [0.1, 0.15) is 0 Å². The molecule has 1 unspecified atom stereocenters. The van der Waals surface area contributed by atoms with E-state index >= 15 is 0 Å². The third kappa shape index (κ3) is 5.52. The average Bonchev–Trinajstić information content (AvgIpc) is 2.62. The first-order chi connectivity index (χ1) is 11.5. The van der Waals surface area contributed by atoms with E-state index in [9.17, 15) is 0 Å². The Morgan fingerprint density at radius 1 is 1.25 bits per heavy atom. The van der Waals surface area contributed by atoms with Gasteiger partial charge < -0.3 is 15.5 Å². The van der Waals surface area contributed by atoms with Gasteiger partial charge in [0, 0.05) is 32.1 Å². The number of hydrogen-bond acceptors (Lipinski definition) is 2. The van der Waals surface area contributed by atoms with Crippen LogP contribution in [0.2, 0.25) is 0 Å². The Hall–Kier alpha value is -1.55. The predicted octanol–water partition coefficient (Wildman–Crippen LogP) is 2.86. The van der Waals surface area contributed by atoms with Crippen LogP contribution in [0.4, 0.5) is 0 Å². The lowest BCUT2D eigenvalue weighted by Gasteiger charge is -2.32. The van der Waals surface area contributed by atoms with Gasteiger partial charge in [0.25, 0.3) is 0 Å². The Kier molecular flexibility index (Phi) is 7.10. The van der Waals surface area contributed by atoms with E-state index in [1.165, 1.54) is 31.5 Å². The van der Waals surface area contributed by atoms with E-state index in [4.69, 9.17) is 0 Å². The average molecular weight is 331 g/mol. The number of nitrogens with one attached hydrogen (secondary N) is 2. The summed E-state index contributed by atoms with van der Waals surface area (Å²) in [6.45, 7) is 12.3. The first-order valence-electron chi connectivity index (χ1n) is 9.27. The van der Waals surface area contributed by atoms with Gasteiger partial charge in [0.15, 0.2) is 5.96 Å². The third-order valence-corrected chi connectivity index (χ3v) is 5.09. The number of guanidine groups is 1. The highest BCUT2D eigenvalue weighted by atomic mass is 15.2. The summed E-state index contributed by atoms with van der Waals surface area (Å²) in [5, 5.41) is 7.02. The molecule has 0 aromatic heterocycles. The van der Waals surface area contributed by atoms with Crippen molar-refractivity contribution in [2.24, 2.45) is 10.9 Å². The fraction of sp³-hybridized carbons (Fsp3) is 0.650. The van der Waals surface area contributed by atoms with Crippen molar-refractivity contribution in [2.75, 3.05) is 39.8 Å². The molecule has 0 radical (unpaired) electrons. The summed E-state index contributed by atoms with van der Waals surface area (Å²) in [6, 6.07) is 10.7. The second-order valence-corrected chi connectivity index (χ2v) is 7.46. The Morgan fingerprint density at radius 2 is 2.00 bits per heavy atom. The maximum atomic E-state index is 4.39. The first-order valence-corrected chi connectivity index (χ1v) is 9.27. The van der Waals surface area contributed by atoms with Gasteiger partial charge in [-0.3, -0.25) is 4.99 Å². The van der Waals surface area contributed by atoms with E-state index in [2.05, 4.69) is 71.6 Å². The van der Waals surface area contributed by atoms with Crippen LogP contribution in [-0.4, -0.2) is 50.6 Å². The highest BCUT2D eigenvalue weighted by Crippen LogP contribution is 2.21. The molecule has 0 saturated carbocycles. The standard InChI is InChI=1S/C20H34N4/c1-5-24-13-9-10-17(15-24)14-22-19(21-4)23-16-20(2,3)18-11-7-6-8-12-18/h6-8,11-12,17H,5,9-10,13-16H2,1-4H3,(H2,21,22,23). The van der Waals surface area contributed by atoms with Gasteiger partial charge >= 0.3 is 0 Å². The minimum absolute atomic E-state index is 0.0722. The number of benzene rings is 1. The summed E-state index contributed by atoms with van der Waals surface area (Å²) < 4.78 is 0. The molecule has 1 fully saturated rings. The topological polar surface area (TPSA) is 39.7 Å². The van der Waals surface area contributed by atoms with Crippen LogP contribution in [0, 0.1) is 5.92 Å². The SMILES string of the molecule is CCN1CCCC(CNC(=NC)NCC(C)(C)c2ccccc2)C1. The zero-order valence-corrected chi connectivity index (χ0v) is 15.8. The van der Waals surface area contributed by atoms with Gasteiger partial charge in [0.05, 0.1) is 0 Å². The summed E-state index contributed by atoms with van der Waals surface area (Å²) in [6.07, 6.45) is 2.63. The number of aliphatic imine (C=N–C) groups is 1. The van der Waals surface area contributed by atoms with E-state index in [0.717, 1.165) is 31.5 Å². The lowest BCUT2D eigenvalue weighted by atomic mass is 9.85. The van der Waals surface area contributed by atoms with Crippen LogP contribution in [0.15, 0.2) is 35.3 Å². The largest absolute Gasteiger partial charge is 0.356 e. The minimum atomic E-state index is 0.0722. The lowest BCUT2D eigenvalue weighted by Crippen LogP contribution is -2.47. The van der Waals surface area contributed by atoms with Crippen LogP contribution in [0.5, 0.6) is 0 Å². The molecular formula is C20H34N4. The summed E-state index contributed by atoms with van der Waals surface area (Å²) in [5.41, 5.74) is 1.42. The van der Waals surface area contributed by atoms with Gasteiger partial charge in [0.2, 0.25) is 0 Å². The Labute approximate surface area is 147 Å². The number of hydrogen-bond donors (Lipinski definition) is 2. The van der Waals surface area contributed by atoms with Crippen molar-refractivity contribution in [3.05, 3.63) is 35.9 Å². The van der Waals surface area contributed by atoms with E-state index < -0.39 is 0 Å². The zero-order chi connectivity index (χ0) is 17.4. The molecule has 1 aliphatic rings. The van der Waals surface area contributed by atoms with Crippen molar-refractivity contribution in [1.82, 2.24) is 15.5 Å². The van der Waals surface area contributed by atoms with Gasteiger partial charge in [-0.05, 0) is 37.4 Å². The molecule has 0 spiro atoms. The molecule has 1 aromatic carbocycles. The quantitative estimate of drug-likeness (QED) is 0.622. The van der Waals surface area contributed by atoms with Gasteiger partial charge in [-0.1, -0.05) is 51.1 Å². The van der Waals surface area contributed by atoms with Crippen LogP contribution in [0.25, 0.3) is 0 Å². The van der Waals surface area contributed by atoms with E-state index in [1.54, 1.807) is 0 Å². The molecular weight excluding hydrogens is 296 g/mol. The van der Waals surface area contributed by atoms with Gasteiger partial charge in [-0.25, -0.2) is 0 Å². The molecule has 134 valence electrons. The molecule has 4 nitrogen and oxygen atoms in total. The normalized spacial score (nSPS) is 20.0. The summed E-state index contributed by atoms with van der Waals surface area (Å²) in [7, 11) is 1.85. The highest BCUT2D eigenvalue weighted by Gasteiger charge is 2.21. The van der Waals surface area contributed by atoms with Gasteiger partial charge in [-0.15, -0.1) is 0 Å². The van der Waals surface area contributed by atoms with Crippen molar-refractivity contribution >= 4 is 5.96 Å². The molecule has 1 atom stereocenters. The fourth-order valence-corrected chi connectivity index (χ4v) is 3.36. The monoisotopic (exact) mass is 330 g/mol. The van der Waals surface area contributed by atoms with Crippen LogP contribution >= 0.6 is 0 Å². The molecule has 1 heterocycles. The molecule has 1 aliphatic heterocycles. The number of nitrogens with zero attached hydrogens (tertiary/aromatic N) is 2. The van der Waals surface area contributed by atoms with E-state index in [-0.39, 0.29) is 5.41 Å². The second kappa shape index (κ2) is 9.07. The maximum Gasteiger partial charge on any atom is 0.191 e. The van der Waals surface area contributed by atoms with Crippen LogP contribution in [-0.2, 0) is 5.41 Å². The molecule has 0 aliphatic carbocycles. The molecule has 2 N–H and O–H groups in total. The molecule has 1 aromatic rings. The minimum Gasteiger partial charge on any atom is -0.356 e. The van der Waals surface area contributed by atoms with Crippen molar-refractivity contribution < 1.29 is 0 Å². The Bertz CT molecular complexity index is 510. The van der Waals surface area contributed by atoms with Crippen LogP contribution < -0.4 is 10.6 Å². The fourth-order valence-electron chi connectivity index (χ4n) is 3.36. The zero-order valence-electron chi connectivity index (χ0n) is 15.8. The summed E-state index contributed by atoms with van der Waals surface area (Å²) in [5.74, 6) is 1.63. The number of piperidine rings is 1. The van der Waals surface area contributed by atoms with Crippen LogP contribution in [0.1, 0.15) is 39.2 Å². The molecule has 24 heavy (non-hydrogen) atoms. The number of likely N-dealkylation sites (tertiary alicyclic amines) is 1. The summed E-state index contributed by atoms with van der Waals surface area (Å²) in [4.78, 5) is 6.94. The van der Waals surface area contributed by atoms with E-state index in [0.29, 0.717) is 0 Å². The van der Waals surface area contributed by atoms with E-state index in [1.807, 2.05) is 7.05 Å². The Balaban J connectivity index is 1.80. The van der Waals surface area contributed by atoms with Crippen molar-refractivity contribution in [3.63, 3.8) is 0 Å². The molecule has 0 bridgehead atoms. The van der Waals surface area contributed by atoms with Crippen LogP contribution in [0.3, 0.4) is 0 Å². The maximum absolute atomic E-state index is 4.39. The smallest absolute Gasteiger partial charge is 0.191 e. The predicted molar refractivity (Wildman–Crippen MR) is 104 cm³/mol. The first kappa shape index (κ1) is 18.8. The molecule has 1 saturated heterocycles. The Morgan fingerprint density at radius 3 is 2.67 bits per heavy atom. The molecule has 0 amide bonds. The van der Waals surface area contributed by atoms with Crippen molar-refractivity contribution in [1.29, 1.82) is 0 Å². The second-order valence-electron chi connectivity index (χ2n) is 7.46. The van der Waals surface area contributed by atoms with Crippen molar-refractivity contribution in [2.45, 2.75) is 39.0 Å².